The highest BCUT2D eigenvalue weighted by Gasteiger charge is 2.50. The number of carbonyl (C=O) groups excluding carboxylic acids is 2. The minimum atomic E-state index is -1.11. The topological polar surface area (TPSA) is 93.1 Å². The second-order valence-corrected chi connectivity index (χ2v) is 7.36. The number of hydrogen-bond acceptors (Lipinski definition) is 6. The van der Waals surface area contributed by atoms with Gasteiger partial charge < -0.3 is 19.7 Å². The molecule has 0 radical (unpaired) electrons. The molecule has 4 atom stereocenters. The molecular weight excluding hydrogens is 372 g/mol. The molecule has 0 amide bonds. The van der Waals surface area contributed by atoms with E-state index in [1.54, 1.807) is 20.8 Å². The minimum Gasteiger partial charge on any atom is -0.456 e. The Morgan fingerprint density at radius 2 is 1.34 bits per heavy atom. The summed E-state index contributed by atoms with van der Waals surface area (Å²) in [5.41, 5.74) is -0.228. The van der Waals surface area contributed by atoms with Crippen LogP contribution in [0.3, 0.4) is 0 Å². The fraction of sp³-hybridized carbons (Fsp3) is 0.478. The molecule has 0 aliphatic heterocycles. The van der Waals surface area contributed by atoms with Crippen LogP contribution < -0.4 is 0 Å². The average Bonchev–Trinajstić information content (AvgIpc) is 2.64. The number of hydrogen-bond donors (Lipinski definition) is 2. The van der Waals surface area contributed by atoms with Crippen LogP contribution >= 0.6 is 0 Å². The van der Waals surface area contributed by atoms with Crippen LogP contribution in [0.1, 0.15) is 40.2 Å². The summed E-state index contributed by atoms with van der Waals surface area (Å²) in [5, 5.41) is 20.9. The lowest BCUT2D eigenvalue weighted by molar-refractivity contribution is -0.190. The van der Waals surface area contributed by atoms with Gasteiger partial charge in [-0.25, -0.2) is 9.59 Å². The van der Waals surface area contributed by atoms with Crippen molar-refractivity contribution in [2.24, 2.45) is 5.41 Å². The SMILES string of the molecule is C/C=C/C(=O)OC(C(C)O)C(C)(Cc1ccccc1)C(OC(=O)/C=C/C)C(C)O. The second kappa shape index (κ2) is 11.5. The van der Waals surface area contributed by atoms with Crippen LogP contribution in [0.5, 0.6) is 0 Å². The quantitative estimate of drug-likeness (QED) is 0.460. The van der Waals surface area contributed by atoms with Crippen molar-refractivity contribution in [3.05, 3.63) is 60.2 Å². The molecule has 0 aliphatic carbocycles. The van der Waals surface area contributed by atoms with Gasteiger partial charge in [0.05, 0.1) is 17.6 Å². The summed E-state index contributed by atoms with van der Waals surface area (Å²) in [4.78, 5) is 24.3. The first-order chi connectivity index (χ1) is 13.7. The molecule has 0 spiro atoms. The van der Waals surface area contributed by atoms with Crippen LogP contribution in [-0.2, 0) is 25.5 Å². The van der Waals surface area contributed by atoms with Crippen LogP contribution in [-0.4, -0.2) is 46.6 Å². The van der Waals surface area contributed by atoms with Gasteiger partial charge in [0.1, 0.15) is 12.2 Å². The molecule has 160 valence electrons. The first-order valence-electron chi connectivity index (χ1n) is 9.72. The normalized spacial score (nSPS) is 18.0. The molecule has 29 heavy (non-hydrogen) atoms. The van der Waals surface area contributed by atoms with Crippen molar-refractivity contribution >= 4 is 11.9 Å². The maximum Gasteiger partial charge on any atom is 0.330 e. The van der Waals surface area contributed by atoms with Crippen molar-refractivity contribution in [3.63, 3.8) is 0 Å². The molecule has 0 aromatic heterocycles. The minimum absolute atomic E-state index is 0.297. The number of allylic oxidation sites excluding steroid dienone is 2. The van der Waals surface area contributed by atoms with Gasteiger partial charge in [-0.3, -0.25) is 0 Å². The molecule has 1 aromatic rings. The van der Waals surface area contributed by atoms with Crippen molar-refractivity contribution < 1.29 is 29.3 Å². The number of aliphatic hydroxyl groups is 2. The third kappa shape index (κ3) is 7.15. The van der Waals surface area contributed by atoms with E-state index in [-0.39, 0.29) is 0 Å². The Hall–Kier alpha value is -2.44. The molecule has 6 nitrogen and oxygen atoms in total. The fourth-order valence-corrected chi connectivity index (χ4v) is 3.57. The molecule has 1 rings (SSSR count). The molecule has 0 bridgehead atoms. The highest BCUT2D eigenvalue weighted by Crippen LogP contribution is 2.38. The summed E-state index contributed by atoms with van der Waals surface area (Å²) in [6.07, 6.45) is 1.66. The van der Waals surface area contributed by atoms with Crippen LogP contribution in [0.25, 0.3) is 0 Å². The van der Waals surface area contributed by atoms with Gasteiger partial charge in [-0.1, -0.05) is 49.4 Å². The predicted molar refractivity (Wildman–Crippen MR) is 111 cm³/mol. The molecule has 1 aromatic carbocycles. The smallest absolute Gasteiger partial charge is 0.330 e. The van der Waals surface area contributed by atoms with Gasteiger partial charge in [-0.2, -0.15) is 0 Å². The molecule has 0 fully saturated rings. The van der Waals surface area contributed by atoms with Crippen LogP contribution in [0, 0.1) is 5.41 Å². The summed E-state index contributed by atoms with van der Waals surface area (Å²) in [6.45, 7) is 8.10. The Labute approximate surface area is 172 Å². The monoisotopic (exact) mass is 404 g/mol. The maximum atomic E-state index is 12.2. The predicted octanol–water partition coefficient (Wildman–Crippen LogP) is 2.97. The summed E-state index contributed by atoms with van der Waals surface area (Å²) < 4.78 is 11.1. The van der Waals surface area contributed by atoms with Crippen LogP contribution in [0.2, 0.25) is 0 Å². The largest absolute Gasteiger partial charge is 0.456 e. The Balaban J connectivity index is 3.46. The van der Waals surface area contributed by atoms with E-state index in [9.17, 15) is 19.8 Å². The maximum absolute atomic E-state index is 12.2. The van der Waals surface area contributed by atoms with E-state index in [4.69, 9.17) is 9.47 Å². The Bertz CT molecular complexity index is 667. The molecule has 2 N–H and O–H groups in total. The van der Waals surface area contributed by atoms with E-state index >= 15 is 0 Å². The number of rotatable bonds is 10. The zero-order valence-electron chi connectivity index (χ0n) is 17.7. The van der Waals surface area contributed by atoms with Crippen LogP contribution in [0.15, 0.2) is 54.6 Å². The molecule has 4 unspecified atom stereocenters. The van der Waals surface area contributed by atoms with Crippen molar-refractivity contribution in [3.8, 4) is 0 Å². The van der Waals surface area contributed by atoms with Gasteiger partial charge in [0.15, 0.2) is 0 Å². The first-order valence-corrected chi connectivity index (χ1v) is 9.72. The molecule has 0 aliphatic rings. The van der Waals surface area contributed by atoms with E-state index in [0.29, 0.717) is 6.42 Å². The zero-order valence-corrected chi connectivity index (χ0v) is 17.7. The van der Waals surface area contributed by atoms with E-state index in [2.05, 4.69) is 0 Å². The van der Waals surface area contributed by atoms with Gasteiger partial charge in [0, 0.05) is 12.2 Å². The zero-order chi connectivity index (χ0) is 22.0. The van der Waals surface area contributed by atoms with Crippen molar-refractivity contribution in [1.29, 1.82) is 0 Å². The Morgan fingerprint density at radius 1 is 0.931 bits per heavy atom. The van der Waals surface area contributed by atoms with Crippen LogP contribution in [0.4, 0.5) is 0 Å². The highest BCUT2D eigenvalue weighted by molar-refractivity contribution is 5.82. The van der Waals surface area contributed by atoms with E-state index in [0.717, 1.165) is 5.56 Å². The number of carbonyl (C=O) groups is 2. The summed E-state index contributed by atoms with van der Waals surface area (Å²) in [5.74, 6) is -1.25. The van der Waals surface area contributed by atoms with Gasteiger partial charge in [-0.05, 0) is 39.7 Å². The third-order valence-corrected chi connectivity index (χ3v) is 4.70. The van der Waals surface area contributed by atoms with Crippen molar-refractivity contribution in [1.82, 2.24) is 0 Å². The lowest BCUT2D eigenvalue weighted by Gasteiger charge is -2.44. The third-order valence-electron chi connectivity index (χ3n) is 4.70. The molecule has 0 saturated heterocycles. The van der Waals surface area contributed by atoms with Crippen molar-refractivity contribution in [2.75, 3.05) is 0 Å². The van der Waals surface area contributed by atoms with Gasteiger partial charge in [0.25, 0.3) is 0 Å². The van der Waals surface area contributed by atoms with Gasteiger partial charge >= 0.3 is 11.9 Å². The Morgan fingerprint density at radius 3 is 1.69 bits per heavy atom. The molecule has 6 heteroatoms. The standard InChI is InChI=1S/C23H32O6/c1-6-11-19(26)28-21(16(3)24)23(5,15-18-13-9-8-10-14-18)22(17(4)25)29-20(27)12-7-2/h6-14,16-17,21-22,24-25H,15H2,1-5H3/b11-6+,12-7+. The number of esters is 2. The average molecular weight is 405 g/mol. The summed E-state index contributed by atoms with van der Waals surface area (Å²) >= 11 is 0. The molecule has 0 heterocycles. The number of aliphatic hydroxyl groups excluding tert-OH is 2. The van der Waals surface area contributed by atoms with E-state index < -0.39 is 41.8 Å². The Kier molecular flexibility index (Phi) is 9.78. The summed E-state index contributed by atoms with van der Waals surface area (Å²) in [7, 11) is 0. The van der Waals surface area contributed by atoms with E-state index in [1.807, 2.05) is 30.3 Å². The molecule has 0 saturated carbocycles. The second-order valence-electron chi connectivity index (χ2n) is 7.36. The highest BCUT2D eigenvalue weighted by atomic mass is 16.6. The number of ether oxygens (including phenoxy) is 2. The molecular formula is C23H32O6. The van der Waals surface area contributed by atoms with Gasteiger partial charge in [0.2, 0.25) is 0 Å². The lowest BCUT2D eigenvalue weighted by atomic mass is 9.70. The lowest BCUT2D eigenvalue weighted by Crippen LogP contribution is -2.56. The van der Waals surface area contributed by atoms with Crippen molar-refractivity contribution in [2.45, 2.75) is 65.5 Å². The van der Waals surface area contributed by atoms with E-state index in [1.165, 1.54) is 38.2 Å². The first kappa shape index (κ1) is 24.6. The van der Waals surface area contributed by atoms with Gasteiger partial charge in [-0.15, -0.1) is 0 Å². The number of benzene rings is 1. The summed E-state index contributed by atoms with van der Waals surface area (Å²) in [6, 6.07) is 9.37. The fourth-order valence-electron chi connectivity index (χ4n) is 3.57.